The standard InChI is InChI=1S/C27H44O6/c1-7-8-19-27(4,5)25(33-21(3)29)18-16-22-15-17-24(32-20(2)28)23(22)13-11-9-10-12-14-26(30)31-6/h16,18,23-24H,7-15,17,19H2,1-6H3/t23-,24-/m1/s1. The molecule has 0 aliphatic heterocycles. The monoisotopic (exact) mass is 464 g/mol. The van der Waals surface area contributed by atoms with Crippen molar-refractivity contribution in [2.75, 3.05) is 7.11 Å². The first-order valence-electron chi connectivity index (χ1n) is 12.4. The molecule has 1 aliphatic carbocycles. The van der Waals surface area contributed by atoms with Gasteiger partial charge in [-0.05, 0) is 38.2 Å². The van der Waals surface area contributed by atoms with Crippen LogP contribution in [0.2, 0.25) is 0 Å². The lowest BCUT2D eigenvalue weighted by atomic mass is 9.84. The lowest BCUT2D eigenvalue weighted by molar-refractivity contribution is -0.147. The van der Waals surface area contributed by atoms with Gasteiger partial charge in [-0.1, -0.05) is 64.5 Å². The van der Waals surface area contributed by atoms with Gasteiger partial charge in [0.15, 0.2) is 0 Å². The molecule has 1 saturated carbocycles. The van der Waals surface area contributed by atoms with Crippen LogP contribution in [0.5, 0.6) is 0 Å². The third-order valence-electron chi connectivity index (χ3n) is 6.36. The molecule has 188 valence electrons. The third kappa shape index (κ3) is 11.0. The van der Waals surface area contributed by atoms with Crippen LogP contribution >= 0.6 is 0 Å². The van der Waals surface area contributed by atoms with E-state index in [1.807, 2.05) is 6.08 Å². The van der Waals surface area contributed by atoms with Crippen molar-refractivity contribution in [3.05, 3.63) is 23.5 Å². The zero-order chi connectivity index (χ0) is 24.9. The molecule has 0 aromatic carbocycles. The van der Waals surface area contributed by atoms with E-state index in [1.165, 1.54) is 26.5 Å². The Hall–Kier alpha value is -2.11. The number of hydrogen-bond acceptors (Lipinski definition) is 6. The Morgan fingerprint density at radius 1 is 1.03 bits per heavy atom. The molecule has 0 spiro atoms. The van der Waals surface area contributed by atoms with Gasteiger partial charge < -0.3 is 14.2 Å². The van der Waals surface area contributed by atoms with E-state index >= 15 is 0 Å². The average Bonchev–Trinajstić information content (AvgIpc) is 3.12. The third-order valence-corrected chi connectivity index (χ3v) is 6.36. The fraction of sp³-hybridized carbons (Fsp3) is 0.741. The van der Waals surface area contributed by atoms with Crippen molar-refractivity contribution in [3.63, 3.8) is 0 Å². The number of allylic oxidation sites excluding steroid dienone is 3. The minimum Gasteiger partial charge on any atom is -0.469 e. The molecule has 0 bridgehead atoms. The van der Waals surface area contributed by atoms with E-state index in [4.69, 9.17) is 9.47 Å². The molecule has 0 unspecified atom stereocenters. The van der Waals surface area contributed by atoms with Crippen molar-refractivity contribution >= 4 is 17.9 Å². The highest BCUT2D eigenvalue weighted by molar-refractivity contribution is 5.69. The van der Waals surface area contributed by atoms with E-state index in [0.29, 0.717) is 12.2 Å². The molecule has 2 atom stereocenters. The molecular formula is C27H44O6. The molecule has 1 fully saturated rings. The van der Waals surface area contributed by atoms with Crippen LogP contribution in [0.1, 0.15) is 105 Å². The Balaban J connectivity index is 2.91. The van der Waals surface area contributed by atoms with E-state index in [2.05, 4.69) is 31.6 Å². The van der Waals surface area contributed by atoms with Crippen molar-refractivity contribution in [2.24, 2.45) is 11.3 Å². The minimum absolute atomic E-state index is 0.109. The number of ether oxygens (including phenoxy) is 3. The topological polar surface area (TPSA) is 78.9 Å². The van der Waals surface area contributed by atoms with Crippen molar-refractivity contribution in [3.8, 4) is 0 Å². The summed E-state index contributed by atoms with van der Waals surface area (Å²) in [6.07, 6.45) is 13.9. The number of esters is 3. The first kappa shape index (κ1) is 28.9. The summed E-state index contributed by atoms with van der Waals surface area (Å²) in [5.41, 5.74) is 1.01. The molecule has 33 heavy (non-hydrogen) atoms. The maximum absolute atomic E-state index is 11.7. The van der Waals surface area contributed by atoms with Gasteiger partial charge in [-0.25, -0.2) is 0 Å². The smallest absolute Gasteiger partial charge is 0.307 e. The number of carbonyl (C=O) groups is 3. The summed E-state index contributed by atoms with van der Waals surface area (Å²) in [6, 6.07) is 0. The predicted molar refractivity (Wildman–Crippen MR) is 129 cm³/mol. The summed E-state index contributed by atoms with van der Waals surface area (Å²) in [4.78, 5) is 34.6. The van der Waals surface area contributed by atoms with Gasteiger partial charge in [0, 0.05) is 31.6 Å². The molecule has 0 aromatic heterocycles. The molecule has 0 N–H and O–H groups in total. The van der Waals surface area contributed by atoms with Gasteiger partial charge >= 0.3 is 17.9 Å². The summed E-state index contributed by atoms with van der Waals surface area (Å²) in [5.74, 6) is 0.137. The van der Waals surface area contributed by atoms with Crippen LogP contribution in [0, 0.1) is 11.3 Å². The largest absolute Gasteiger partial charge is 0.469 e. The average molecular weight is 465 g/mol. The Bertz CT molecular complexity index is 703. The zero-order valence-electron chi connectivity index (χ0n) is 21.5. The second kappa shape index (κ2) is 14.9. The second-order valence-electron chi connectivity index (χ2n) is 9.68. The maximum Gasteiger partial charge on any atom is 0.307 e. The molecule has 0 radical (unpaired) electrons. The summed E-state index contributed by atoms with van der Waals surface area (Å²) in [6.45, 7) is 9.27. The van der Waals surface area contributed by atoms with E-state index in [-0.39, 0.29) is 35.3 Å². The van der Waals surface area contributed by atoms with Gasteiger partial charge in [0.25, 0.3) is 0 Å². The SMILES string of the molecule is CCCCC(C)(C)C(=CC=C1CC[C@@H](OC(C)=O)[C@@H]1CCCCCCC(=O)OC)OC(C)=O. The Labute approximate surface area is 200 Å². The van der Waals surface area contributed by atoms with Crippen LogP contribution in [-0.4, -0.2) is 31.1 Å². The highest BCUT2D eigenvalue weighted by Crippen LogP contribution is 2.39. The molecule has 6 heteroatoms. The Morgan fingerprint density at radius 3 is 2.33 bits per heavy atom. The first-order valence-corrected chi connectivity index (χ1v) is 12.4. The lowest BCUT2D eigenvalue weighted by Gasteiger charge is -2.27. The quantitative estimate of drug-likeness (QED) is 0.127. The first-order chi connectivity index (χ1) is 15.6. The number of hydrogen-bond donors (Lipinski definition) is 0. The molecular weight excluding hydrogens is 420 g/mol. The summed E-state index contributed by atoms with van der Waals surface area (Å²) >= 11 is 0. The normalized spacial score (nSPS) is 20.1. The van der Waals surface area contributed by atoms with Crippen LogP contribution in [0.15, 0.2) is 23.5 Å². The number of unbranched alkanes of at least 4 members (excludes halogenated alkanes) is 4. The number of carbonyl (C=O) groups excluding carboxylic acids is 3. The van der Waals surface area contributed by atoms with Crippen LogP contribution in [0.25, 0.3) is 0 Å². The highest BCUT2D eigenvalue weighted by Gasteiger charge is 2.33. The fourth-order valence-electron chi connectivity index (χ4n) is 4.43. The van der Waals surface area contributed by atoms with E-state index in [9.17, 15) is 14.4 Å². The Morgan fingerprint density at radius 2 is 1.73 bits per heavy atom. The van der Waals surface area contributed by atoms with Crippen LogP contribution in [0.3, 0.4) is 0 Å². The zero-order valence-corrected chi connectivity index (χ0v) is 21.5. The van der Waals surface area contributed by atoms with Gasteiger partial charge in [-0.2, -0.15) is 0 Å². The molecule has 0 amide bonds. The maximum atomic E-state index is 11.7. The van der Waals surface area contributed by atoms with Crippen molar-refractivity contribution in [1.82, 2.24) is 0 Å². The molecule has 0 saturated heterocycles. The number of methoxy groups -OCH3 is 1. The predicted octanol–water partition coefficient (Wildman–Crippen LogP) is 6.43. The second-order valence-corrected chi connectivity index (χ2v) is 9.68. The molecule has 1 rings (SSSR count). The van der Waals surface area contributed by atoms with Crippen LogP contribution in [-0.2, 0) is 28.6 Å². The van der Waals surface area contributed by atoms with Gasteiger partial charge in [0.2, 0.25) is 0 Å². The van der Waals surface area contributed by atoms with Gasteiger partial charge in [0.1, 0.15) is 11.9 Å². The van der Waals surface area contributed by atoms with E-state index < -0.39 is 0 Å². The van der Waals surface area contributed by atoms with E-state index in [0.717, 1.165) is 64.2 Å². The van der Waals surface area contributed by atoms with Crippen molar-refractivity contribution in [1.29, 1.82) is 0 Å². The molecule has 0 heterocycles. The summed E-state index contributed by atoms with van der Waals surface area (Å²) < 4.78 is 15.9. The van der Waals surface area contributed by atoms with Crippen LogP contribution < -0.4 is 0 Å². The summed E-state index contributed by atoms with van der Waals surface area (Å²) in [5, 5.41) is 0. The lowest BCUT2D eigenvalue weighted by Crippen LogP contribution is -2.21. The summed E-state index contributed by atoms with van der Waals surface area (Å²) in [7, 11) is 1.41. The van der Waals surface area contributed by atoms with Gasteiger partial charge in [0.05, 0.1) is 7.11 Å². The van der Waals surface area contributed by atoms with E-state index in [1.54, 1.807) is 0 Å². The number of rotatable bonds is 14. The molecule has 1 aliphatic rings. The molecule has 6 nitrogen and oxygen atoms in total. The highest BCUT2D eigenvalue weighted by atomic mass is 16.5. The minimum atomic E-state index is -0.308. The van der Waals surface area contributed by atoms with Crippen molar-refractivity contribution in [2.45, 2.75) is 111 Å². The molecule has 0 aromatic rings. The van der Waals surface area contributed by atoms with Gasteiger partial charge in [-0.15, -0.1) is 0 Å². The van der Waals surface area contributed by atoms with Crippen molar-refractivity contribution < 1.29 is 28.6 Å². The van der Waals surface area contributed by atoms with Gasteiger partial charge in [-0.3, -0.25) is 14.4 Å². The Kier molecular flexibility index (Phi) is 13.1. The van der Waals surface area contributed by atoms with Crippen LogP contribution in [0.4, 0.5) is 0 Å². The fourth-order valence-corrected chi connectivity index (χ4v) is 4.43.